The number of rotatable bonds is 5. The van der Waals surface area contributed by atoms with Crippen molar-refractivity contribution in [1.82, 2.24) is 0 Å². The van der Waals surface area contributed by atoms with Gasteiger partial charge < -0.3 is 9.47 Å². The van der Waals surface area contributed by atoms with Gasteiger partial charge in [0.25, 0.3) is 0 Å². The summed E-state index contributed by atoms with van der Waals surface area (Å²) < 4.78 is 10.8. The Labute approximate surface area is 119 Å². The van der Waals surface area contributed by atoms with Crippen molar-refractivity contribution in [2.45, 2.75) is 44.6 Å². The average molecular weight is 275 g/mol. The molecule has 0 spiro atoms. The molecule has 0 amide bonds. The molecule has 1 fully saturated rings. The Bertz CT molecular complexity index is 541. The van der Waals surface area contributed by atoms with Crippen molar-refractivity contribution in [2.75, 3.05) is 14.2 Å². The van der Waals surface area contributed by atoms with E-state index in [2.05, 4.69) is 18.8 Å². The van der Waals surface area contributed by atoms with Crippen LogP contribution in [-0.4, -0.2) is 20.3 Å². The number of methoxy groups -OCH3 is 2. The molecule has 1 aliphatic carbocycles. The van der Waals surface area contributed by atoms with Crippen LogP contribution in [-0.2, 0) is 10.3 Å². The smallest absolute Gasteiger partial charge is 0.235 e. The van der Waals surface area contributed by atoms with E-state index in [1.54, 1.807) is 20.3 Å². The Morgan fingerprint density at radius 1 is 1.20 bits per heavy atom. The van der Waals surface area contributed by atoms with Gasteiger partial charge in [-0.05, 0) is 48.4 Å². The van der Waals surface area contributed by atoms with Gasteiger partial charge in [-0.25, -0.2) is 4.79 Å². The molecule has 0 atom stereocenters. The highest BCUT2D eigenvalue weighted by atomic mass is 16.5. The van der Waals surface area contributed by atoms with Crippen LogP contribution in [0.25, 0.3) is 0 Å². The van der Waals surface area contributed by atoms with Gasteiger partial charge in [0.15, 0.2) is 11.5 Å². The van der Waals surface area contributed by atoms with E-state index in [0.717, 1.165) is 30.4 Å². The number of benzene rings is 1. The third kappa shape index (κ3) is 2.32. The van der Waals surface area contributed by atoms with Gasteiger partial charge in [-0.1, -0.05) is 13.8 Å². The maximum absolute atomic E-state index is 10.8. The molecule has 1 aromatic carbocycles. The van der Waals surface area contributed by atoms with Crippen molar-refractivity contribution in [2.24, 2.45) is 4.99 Å². The normalized spacial score (nSPS) is 16.2. The zero-order valence-corrected chi connectivity index (χ0v) is 12.5. The summed E-state index contributed by atoms with van der Waals surface area (Å²) in [6, 6.07) is 3.97. The molecule has 1 aromatic rings. The van der Waals surface area contributed by atoms with Crippen LogP contribution in [0.2, 0.25) is 0 Å². The number of hydrogen-bond acceptors (Lipinski definition) is 4. The summed E-state index contributed by atoms with van der Waals surface area (Å²) in [4.78, 5) is 14.9. The molecule has 20 heavy (non-hydrogen) atoms. The lowest BCUT2D eigenvalue weighted by atomic mass is 9.69. The Hall–Kier alpha value is -1.80. The number of isocyanates is 1. The molecule has 0 heterocycles. The van der Waals surface area contributed by atoms with Crippen LogP contribution in [0.4, 0.5) is 0 Å². The second kappa shape index (κ2) is 5.68. The Balaban J connectivity index is 2.63. The lowest BCUT2D eigenvalue weighted by Gasteiger charge is -2.39. The van der Waals surface area contributed by atoms with E-state index in [1.807, 2.05) is 12.1 Å². The molecule has 0 saturated heterocycles. The number of hydrogen-bond donors (Lipinski definition) is 0. The molecule has 0 bridgehead atoms. The van der Waals surface area contributed by atoms with Crippen LogP contribution in [0.15, 0.2) is 17.1 Å². The monoisotopic (exact) mass is 275 g/mol. The lowest BCUT2D eigenvalue weighted by molar-refractivity contribution is 0.251. The topological polar surface area (TPSA) is 47.9 Å². The molecule has 108 valence electrons. The van der Waals surface area contributed by atoms with Gasteiger partial charge in [-0.15, -0.1) is 0 Å². The maximum atomic E-state index is 10.8. The summed E-state index contributed by atoms with van der Waals surface area (Å²) in [5.74, 6) is 1.72. The number of aliphatic imine (C=N–C) groups is 1. The van der Waals surface area contributed by atoms with E-state index >= 15 is 0 Å². The number of carbonyl (C=O) groups excluding carboxylic acids is 1. The van der Waals surface area contributed by atoms with E-state index < -0.39 is 5.54 Å². The molecule has 0 radical (unpaired) electrons. The first-order valence-electron chi connectivity index (χ1n) is 6.93. The Morgan fingerprint density at radius 3 is 2.20 bits per heavy atom. The van der Waals surface area contributed by atoms with Crippen LogP contribution < -0.4 is 9.47 Å². The van der Waals surface area contributed by atoms with Crippen molar-refractivity contribution in [3.8, 4) is 11.5 Å². The first kappa shape index (κ1) is 14.6. The fraction of sp³-hybridized carbons (Fsp3) is 0.562. The van der Waals surface area contributed by atoms with E-state index in [0.29, 0.717) is 17.4 Å². The third-order valence-electron chi connectivity index (χ3n) is 4.12. The standard InChI is InChI=1S/C16H21NO3/c1-11(2)12-8-14(19-3)15(20-4)9-13(12)16(17-10-18)6-5-7-16/h8-9,11H,5-7H2,1-4H3. The van der Waals surface area contributed by atoms with Crippen molar-refractivity contribution >= 4 is 6.08 Å². The molecule has 4 heteroatoms. The Morgan fingerprint density at radius 2 is 1.80 bits per heavy atom. The van der Waals surface area contributed by atoms with Crippen LogP contribution in [0.3, 0.4) is 0 Å². The molecule has 2 rings (SSSR count). The van der Waals surface area contributed by atoms with Gasteiger partial charge in [0.1, 0.15) is 0 Å². The summed E-state index contributed by atoms with van der Waals surface area (Å²) in [5, 5.41) is 0. The van der Waals surface area contributed by atoms with Gasteiger partial charge in [0.05, 0.1) is 19.8 Å². The predicted molar refractivity (Wildman–Crippen MR) is 77.3 cm³/mol. The summed E-state index contributed by atoms with van der Waals surface area (Å²) in [5.41, 5.74) is 1.81. The molecule has 0 aromatic heterocycles. The van der Waals surface area contributed by atoms with E-state index in [1.165, 1.54) is 0 Å². The zero-order chi connectivity index (χ0) is 14.8. The van der Waals surface area contributed by atoms with Gasteiger partial charge in [-0.3, -0.25) is 0 Å². The van der Waals surface area contributed by atoms with Crippen molar-refractivity contribution in [3.05, 3.63) is 23.3 Å². The number of ether oxygens (including phenoxy) is 2. The minimum absolute atomic E-state index is 0.323. The quantitative estimate of drug-likeness (QED) is 0.610. The minimum atomic E-state index is -0.416. The first-order chi connectivity index (χ1) is 9.57. The third-order valence-corrected chi connectivity index (χ3v) is 4.12. The van der Waals surface area contributed by atoms with E-state index in [9.17, 15) is 4.79 Å². The van der Waals surface area contributed by atoms with Crippen LogP contribution >= 0.6 is 0 Å². The summed E-state index contributed by atoms with van der Waals surface area (Å²) >= 11 is 0. The largest absolute Gasteiger partial charge is 0.493 e. The molecular weight excluding hydrogens is 254 g/mol. The van der Waals surface area contributed by atoms with Crippen LogP contribution in [0, 0.1) is 0 Å². The van der Waals surface area contributed by atoms with Gasteiger partial charge >= 0.3 is 0 Å². The van der Waals surface area contributed by atoms with Gasteiger partial charge in [-0.2, -0.15) is 4.99 Å². The van der Waals surface area contributed by atoms with Crippen LogP contribution in [0.1, 0.15) is 50.2 Å². The second-order valence-electron chi connectivity index (χ2n) is 5.54. The van der Waals surface area contributed by atoms with Crippen molar-refractivity contribution < 1.29 is 14.3 Å². The second-order valence-corrected chi connectivity index (χ2v) is 5.54. The predicted octanol–water partition coefficient (Wildman–Crippen LogP) is 3.54. The summed E-state index contributed by atoms with van der Waals surface area (Å²) in [7, 11) is 3.25. The van der Waals surface area contributed by atoms with Gasteiger partial charge in [0, 0.05) is 0 Å². The van der Waals surface area contributed by atoms with Crippen LogP contribution in [0.5, 0.6) is 11.5 Å². The zero-order valence-electron chi connectivity index (χ0n) is 12.5. The van der Waals surface area contributed by atoms with Gasteiger partial charge in [0.2, 0.25) is 6.08 Å². The highest BCUT2D eigenvalue weighted by Gasteiger charge is 2.41. The van der Waals surface area contributed by atoms with E-state index in [-0.39, 0.29) is 0 Å². The SMILES string of the molecule is COc1cc(C(C)C)c(C2(N=C=O)CCC2)cc1OC. The lowest BCUT2D eigenvalue weighted by Crippen LogP contribution is -2.33. The molecule has 4 nitrogen and oxygen atoms in total. The minimum Gasteiger partial charge on any atom is -0.493 e. The first-order valence-corrected chi connectivity index (χ1v) is 6.93. The fourth-order valence-corrected chi connectivity index (χ4v) is 2.82. The Kier molecular flexibility index (Phi) is 4.15. The average Bonchev–Trinajstić information content (AvgIpc) is 2.41. The summed E-state index contributed by atoms with van der Waals surface area (Å²) in [6.45, 7) is 4.25. The molecular formula is C16H21NO3. The van der Waals surface area contributed by atoms with E-state index in [4.69, 9.17) is 9.47 Å². The fourth-order valence-electron chi connectivity index (χ4n) is 2.82. The van der Waals surface area contributed by atoms with Crippen molar-refractivity contribution in [1.29, 1.82) is 0 Å². The maximum Gasteiger partial charge on any atom is 0.235 e. The molecule has 0 aliphatic heterocycles. The highest BCUT2D eigenvalue weighted by molar-refractivity contribution is 5.52. The molecule has 1 saturated carbocycles. The number of nitrogens with zero attached hydrogens (tertiary/aromatic N) is 1. The molecule has 1 aliphatic rings. The molecule has 0 N–H and O–H groups in total. The van der Waals surface area contributed by atoms with Crippen molar-refractivity contribution in [3.63, 3.8) is 0 Å². The molecule has 0 unspecified atom stereocenters. The highest BCUT2D eigenvalue weighted by Crippen LogP contribution is 2.49. The summed E-state index contributed by atoms with van der Waals surface area (Å²) in [6.07, 6.45) is 4.60.